The smallest absolute Gasteiger partial charge is 0.329 e. The van der Waals surface area contributed by atoms with Crippen LogP contribution in [0.3, 0.4) is 0 Å². The van der Waals surface area contributed by atoms with Gasteiger partial charge < -0.3 is 43.5 Å². The summed E-state index contributed by atoms with van der Waals surface area (Å²) in [5, 5.41) is 23.5. The number of carbonyl (C=O) groups excluding carboxylic acids is 4. The zero-order chi connectivity index (χ0) is 50.8. The zero-order valence-electron chi connectivity index (χ0n) is 43.6. The van der Waals surface area contributed by atoms with Crippen molar-refractivity contribution in [1.82, 2.24) is 4.90 Å². The van der Waals surface area contributed by atoms with Crippen LogP contribution in [0.1, 0.15) is 145 Å². The number of terminal acetylenes is 1. The Balaban J connectivity index is 1.65. The maximum atomic E-state index is 14.5. The number of hydrogen-bond donors (Lipinski definition) is 2. The molecule has 3 fully saturated rings. The Morgan fingerprint density at radius 2 is 1.61 bits per heavy atom. The van der Waals surface area contributed by atoms with E-state index in [9.17, 15) is 29.4 Å². The lowest BCUT2D eigenvalue weighted by atomic mass is 9.78. The van der Waals surface area contributed by atoms with Crippen molar-refractivity contribution >= 4 is 23.4 Å². The number of aliphatic hydroxyl groups is 2. The average molecular weight is 966 g/mol. The van der Waals surface area contributed by atoms with Crippen LogP contribution in [0.5, 0.6) is 0 Å². The summed E-state index contributed by atoms with van der Waals surface area (Å²) in [6.07, 6.45) is 22.7. The lowest BCUT2D eigenvalue weighted by Gasteiger charge is -2.42. The van der Waals surface area contributed by atoms with Gasteiger partial charge in [-0.1, -0.05) is 71.1 Å². The van der Waals surface area contributed by atoms with Gasteiger partial charge in [0.1, 0.15) is 24.4 Å². The Bertz CT molecular complexity index is 1830. The monoisotopic (exact) mass is 966 g/mol. The molecule has 1 amide bonds. The third-order valence-corrected chi connectivity index (χ3v) is 15.3. The van der Waals surface area contributed by atoms with Gasteiger partial charge in [-0.15, -0.1) is 12.3 Å². The molecule has 4 aliphatic rings. The van der Waals surface area contributed by atoms with Crippen LogP contribution < -0.4 is 0 Å². The van der Waals surface area contributed by atoms with E-state index in [4.69, 9.17) is 34.8 Å². The van der Waals surface area contributed by atoms with Crippen LogP contribution in [0, 0.1) is 47.9 Å². The summed E-state index contributed by atoms with van der Waals surface area (Å²) < 4.78 is 36.4. The van der Waals surface area contributed by atoms with Crippen LogP contribution in [0.15, 0.2) is 47.6 Å². The van der Waals surface area contributed by atoms with E-state index in [1.807, 2.05) is 71.1 Å². The second kappa shape index (κ2) is 28.5. The molecule has 4 rings (SSSR count). The number of ketones is 2. The maximum Gasteiger partial charge on any atom is 0.329 e. The predicted molar refractivity (Wildman–Crippen MR) is 267 cm³/mol. The largest absolute Gasteiger partial charge is 0.461 e. The van der Waals surface area contributed by atoms with E-state index in [0.29, 0.717) is 76.4 Å². The highest BCUT2D eigenvalue weighted by Gasteiger charge is 2.53. The fraction of sp³-hybridized carbons (Fsp3) is 0.750. The zero-order valence-corrected chi connectivity index (χ0v) is 43.6. The summed E-state index contributed by atoms with van der Waals surface area (Å²) in [7, 11) is 4.76. The van der Waals surface area contributed by atoms with E-state index < -0.39 is 65.9 Å². The fourth-order valence-electron chi connectivity index (χ4n) is 10.9. The second-order valence-electron chi connectivity index (χ2n) is 20.8. The number of cyclic esters (lactones) is 1. The molecular formula is C56H87NO12. The van der Waals surface area contributed by atoms with Gasteiger partial charge in [0.2, 0.25) is 5.79 Å². The average Bonchev–Trinajstić information content (AvgIpc) is 3.33. The van der Waals surface area contributed by atoms with Gasteiger partial charge in [0.05, 0.1) is 24.4 Å². The van der Waals surface area contributed by atoms with Crippen LogP contribution >= 0.6 is 0 Å². The van der Waals surface area contributed by atoms with Gasteiger partial charge in [-0.25, -0.2) is 4.79 Å². The topological polar surface area (TPSA) is 167 Å². The number of methoxy groups -OCH3 is 3. The molecule has 0 aromatic carbocycles. The minimum atomic E-state index is -2.38. The molecule has 2 saturated heterocycles. The van der Waals surface area contributed by atoms with Crippen molar-refractivity contribution in [3.05, 3.63) is 47.6 Å². The van der Waals surface area contributed by atoms with Crippen LogP contribution in [0.25, 0.3) is 0 Å². The Morgan fingerprint density at radius 1 is 0.855 bits per heavy atom. The molecule has 0 radical (unpaired) electrons. The molecule has 69 heavy (non-hydrogen) atoms. The Hall–Kier alpha value is -3.48. The number of carbonyl (C=O) groups is 4. The van der Waals surface area contributed by atoms with E-state index >= 15 is 0 Å². The molecule has 0 unspecified atom stereocenters. The molecule has 1 aliphatic carbocycles. The number of amides is 1. The summed E-state index contributed by atoms with van der Waals surface area (Å²) in [5.74, 6) is -3.33. The highest BCUT2D eigenvalue weighted by molar-refractivity contribution is 6.39. The summed E-state index contributed by atoms with van der Waals surface area (Å²) in [6.45, 7) is 14.2. The maximum absolute atomic E-state index is 14.5. The number of nitrogens with zero attached hydrogens (tertiary/aromatic N) is 1. The van der Waals surface area contributed by atoms with Crippen molar-refractivity contribution in [1.29, 1.82) is 0 Å². The van der Waals surface area contributed by atoms with Crippen molar-refractivity contribution < 1.29 is 57.8 Å². The predicted octanol–water partition coefficient (Wildman–Crippen LogP) is 8.44. The van der Waals surface area contributed by atoms with E-state index in [0.717, 1.165) is 37.7 Å². The van der Waals surface area contributed by atoms with E-state index in [-0.39, 0.29) is 54.1 Å². The Morgan fingerprint density at radius 3 is 2.30 bits per heavy atom. The highest BCUT2D eigenvalue weighted by atomic mass is 16.6. The van der Waals surface area contributed by atoms with Crippen LogP contribution in [0.4, 0.5) is 0 Å². The first kappa shape index (κ1) is 58.1. The molecule has 1 saturated carbocycles. The number of fused-ring (bicyclic) bond motifs is 3. The van der Waals surface area contributed by atoms with Crippen LogP contribution in [-0.4, -0.2) is 128 Å². The summed E-state index contributed by atoms with van der Waals surface area (Å²) in [6, 6.07) is -1.02. The minimum absolute atomic E-state index is 0.0228. The molecule has 0 aromatic rings. The van der Waals surface area contributed by atoms with Crippen molar-refractivity contribution in [3.63, 3.8) is 0 Å². The molecule has 13 nitrogen and oxygen atoms in total. The van der Waals surface area contributed by atoms with Crippen molar-refractivity contribution in [2.75, 3.05) is 34.5 Å². The number of esters is 1. The Labute approximate surface area is 414 Å². The molecule has 388 valence electrons. The van der Waals surface area contributed by atoms with E-state index in [1.54, 1.807) is 21.1 Å². The first-order chi connectivity index (χ1) is 32.9. The molecule has 2 bridgehead atoms. The van der Waals surface area contributed by atoms with Gasteiger partial charge in [-0.05, 0) is 132 Å². The standard InChI is InChI=1S/C56H87NO12/c1-12-13-19-30-67-47-28-25-43(34-49(47)65-10)33-39(5)46-27-23-37(3)32-41(7)51(59)52(66-11)50(58)40(6)31-36(2)20-15-14-16-21-38(4)48(64-9)35-44-26-24-42(8)56(63,69-44)53(60)54(61)57-29-18-17-22-45(57)55(62)68-46/h1,14-16,20-21,32,36-37,39-40,42-49,51-52,59,63H,13,17-19,22-31,33-35H2,2-11H3/b16-14+,20-15+,38-21+,41-32+/t36-,37+,39-,40-,42-,43+,44+,45+,46+,47-,48+,49-,51-,52+,56-/m1/s1. The van der Waals surface area contributed by atoms with Gasteiger partial charge >= 0.3 is 5.97 Å². The molecular weight excluding hydrogens is 879 g/mol. The number of Topliss-reactive ketones (excluding diaryl/α,β-unsaturated/α-hetero) is 2. The first-order valence-electron chi connectivity index (χ1n) is 25.9. The Kier molecular flexibility index (Phi) is 24.0. The first-order valence-corrected chi connectivity index (χ1v) is 25.9. The summed E-state index contributed by atoms with van der Waals surface area (Å²) >= 11 is 0. The molecule has 3 heterocycles. The van der Waals surface area contributed by atoms with Gasteiger partial charge in [0, 0.05) is 59.2 Å². The molecule has 0 aromatic heterocycles. The summed E-state index contributed by atoms with van der Waals surface area (Å²) in [4.78, 5) is 58.2. The molecule has 3 aliphatic heterocycles. The number of aliphatic hydroxyl groups excluding tert-OH is 1. The third kappa shape index (κ3) is 16.5. The van der Waals surface area contributed by atoms with Gasteiger partial charge in [-0.3, -0.25) is 14.4 Å². The van der Waals surface area contributed by atoms with Crippen molar-refractivity contribution in [2.24, 2.45) is 35.5 Å². The van der Waals surface area contributed by atoms with E-state index in [2.05, 4.69) is 12.8 Å². The number of rotatable bonds is 10. The molecule has 15 atom stereocenters. The molecule has 0 spiro atoms. The lowest BCUT2D eigenvalue weighted by Crippen LogP contribution is -2.61. The fourth-order valence-corrected chi connectivity index (χ4v) is 10.9. The van der Waals surface area contributed by atoms with Gasteiger partial charge in [-0.2, -0.15) is 0 Å². The lowest BCUT2D eigenvalue weighted by molar-refractivity contribution is -0.265. The second-order valence-corrected chi connectivity index (χ2v) is 20.8. The number of unbranched alkanes of at least 4 members (excludes halogenated alkanes) is 1. The normalized spacial score (nSPS) is 38.6. The van der Waals surface area contributed by atoms with Crippen LogP contribution in [-0.2, 0) is 47.6 Å². The third-order valence-electron chi connectivity index (χ3n) is 15.3. The van der Waals surface area contributed by atoms with E-state index in [1.165, 1.54) is 12.0 Å². The summed E-state index contributed by atoms with van der Waals surface area (Å²) in [5.41, 5.74) is 1.52. The highest BCUT2D eigenvalue weighted by Crippen LogP contribution is 2.38. The number of allylic oxidation sites excluding steroid dienone is 6. The van der Waals surface area contributed by atoms with Crippen LogP contribution in [0.2, 0.25) is 0 Å². The van der Waals surface area contributed by atoms with Gasteiger partial charge in [0.15, 0.2) is 5.78 Å². The molecule has 2 N–H and O–H groups in total. The number of piperidine rings is 1. The minimum Gasteiger partial charge on any atom is -0.461 e. The number of hydrogen-bond acceptors (Lipinski definition) is 12. The quantitative estimate of drug-likeness (QED) is 0.0707. The van der Waals surface area contributed by atoms with Gasteiger partial charge in [0.25, 0.3) is 11.7 Å². The van der Waals surface area contributed by atoms with Crippen molar-refractivity contribution in [3.8, 4) is 12.3 Å². The molecule has 13 heteroatoms. The number of ether oxygens (including phenoxy) is 6. The SMILES string of the molecule is C#CCCCO[C@@H]1CC[C@@H](C[C@@H](C)[C@@H]2CC[C@H](C)/C=C(\C)[C@@H](O)[C@@H](OC)C(=O)[C@H](C)C[C@H](C)/C=C/C=C/C=C(\C)[C@@H](OC)C[C@@H]3CC[C@@H](C)[C@@](O)(O3)C(=O)C(=O)N3CCCC[C@H]3C(=O)O2)C[C@H]1OC. The van der Waals surface area contributed by atoms with Crippen molar-refractivity contribution in [2.45, 2.75) is 199 Å².